The van der Waals surface area contributed by atoms with Crippen LogP contribution in [0, 0.1) is 17.8 Å². The molecule has 2 aromatic rings. The third kappa shape index (κ3) is 7.97. The zero-order valence-corrected chi connectivity index (χ0v) is 20.4. The Morgan fingerprint density at radius 2 is 1.45 bits per heavy atom. The van der Waals surface area contributed by atoms with Crippen molar-refractivity contribution in [3.8, 4) is 11.1 Å². The maximum absolute atomic E-state index is 10.6. The number of carboxylic acids is 2. The van der Waals surface area contributed by atoms with Crippen LogP contribution in [0.3, 0.4) is 0 Å². The van der Waals surface area contributed by atoms with Gasteiger partial charge in [0, 0.05) is 48.7 Å². The Morgan fingerprint density at radius 3 is 1.92 bits per heavy atom. The molecule has 3 N–H and O–H groups in total. The van der Waals surface area contributed by atoms with Gasteiger partial charge in [0.05, 0.1) is 5.69 Å². The number of nitrogens with zero attached hydrogens (tertiary/aromatic N) is 2. The van der Waals surface area contributed by atoms with Crippen molar-refractivity contribution in [1.29, 1.82) is 0 Å². The van der Waals surface area contributed by atoms with Crippen molar-refractivity contribution < 1.29 is 46.1 Å². The first-order valence-electron chi connectivity index (χ1n) is 11.4. The summed E-state index contributed by atoms with van der Waals surface area (Å²) in [6, 6.07) is 10.8. The molecule has 0 amide bonds. The van der Waals surface area contributed by atoms with Crippen LogP contribution < -0.4 is 5.32 Å². The topological polar surface area (TPSA) is 103 Å². The Labute approximate surface area is 218 Å². The summed E-state index contributed by atoms with van der Waals surface area (Å²) in [4.78, 5) is 24.9. The quantitative estimate of drug-likeness (QED) is 0.426. The van der Waals surface area contributed by atoms with E-state index in [-0.39, 0.29) is 0 Å². The van der Waals surface area contributed by atoms with Gasteiger partial charge in [-0.05, 0) is 54.4 Å². The Balaban J connectivity index is 0.000000239. The summed E-state index contributed by atoms with van der Waals surface area (Å²) in [6.07, 6.45) is -3.50. The molecule has 1 aromatic heterocycles. The summed E-state index contributed by atoms with van der Waals surface area (Å²) in [5, 5.41) is 18.8. The van der Waals surface area contributed by atoms with Gasteiger partial charge >= 0.3 is 24.3 Å². The van der Waals surface area contributed by atoms with E-state index in [1.165, 1.54) is 32.5 Å². The Kier molecular flexibility index (Phi) is 9.13. The number of aliphatic carboxylic acids is 2. The molecule has 14 heteroatoms. The average molecular weight is 568 g/mol. The van der Waals surface area contributed by atoms with E-state index in [2.05, 4.69) is 27.3 Å². The molecule has 38 heavy (non-hydrogen) atoms. The molecule has 4 fully saturated rings. The summed E-state index contributed by atoms with van der Waals surface area (Å²) in [6.45, 7) is 3.88. The van der Waals surface area contributed by atoms with Gasteiger partial charge in [0.1, 0.15) is 0 Å². The summed E-state index contributed by atoms with van der Waals surface area (Å²) >= 11 is 6.13. The largest absolute Gasteiger partial charge is 0.490 e. The minimum Gasteiger partial charge on any atom is -0.475 e. The number of hydrogen-bond donors (Lipinski definition) is 3. The number of rotatable bonds is 3. The van der Waals surface area contributed by atoms with Gasteiger partial charge in [-0.2, -0.15) is 26.3 Å². The number of halogens is 7. The minimum absolute atomic E-state index is 0.606. The molecule has 3 aliphatic heterocycles. The summed E-state index contributed by atoms with van der Waals surface area (Å²) in [5.74, 6) is -2.98. The molecular formula is C24H24ClF6N3O4. The predicted octanol–water partition coefficient (Wildman–Crippen LogP) is 5.42. The van der Waals surface area contributed by atoms with E-state index in [1.807, 2.05) is 30.6 Å². The van der Waals surface area contributed by atoms with Gasteiger partial charge in [-0.15, -0.1) is 0 Å². The third-order valence-electron chi connectivity index (χ3n) is 6.50. The number of benzene rings is 1. The second kappa shape index (κ2) is 11.8. The fraction of sp³-hybridized carbons (Fsp3) is 0.458. The van der Waals surface area contributed by atoms with Gasteiger partial charge in [-0.3, -0.25) is 4.98 Å². The van der Waals surface area contributed by atoms with Crippen LogP contribution in [0.5, 0.6) is 0 Å². The van der Waals surface area contributed by atoms with E-state index in [9.17, 15) is 26.3 Å². The molecule has 1 aromatic carbocycles. The zero-order chi connectivity index (χ0) is 28.3. The fourth-order valence-corrected chi connectivity index (χ4v) is 5.37. The van der Waals surface area contributed by atoms with Gasteiger partial charge in [-0.25, -0.2) is 9.59 Å². The molecule has 4 heterocycles. The van der Waals surface area contributed by atoms with Gasteiger partial charge in [-0.1, -0.05) is 23.7 Å². The van der Waals surface area contributed by atoms with Crippen LogP contribution in [-0.4, -0.2) is 70.1 Å². The van der Waals surface area contributed by atoms with E-state index in [4.69, 9.17) is 31.4 Å². The first kappa shape index (κ1) is 29.5. The third-order valence-corrected chi connectivity index (χ3v) is 6.74. The molecule has 1 saturated carbocycles. The number of piperidine rings is 3. The minimum atomic E-state index is -5.08. The second-order valence-corrected chi connectivity index (χ2v) is 9.76. The number of aromatic nitrogens is 1. The standard InChI is InChI=1S/C20H22ClN3.2C2HF3O2/c21-18-3-1-2-14(6-18)15-7-19(9-22-8-15)23-20-16-4-13-5-17(20)12-24(10-13)11-16;2*3-2(4,5)1(6)7/h1-3,6-9,13,16-17,20,23H,4-5,10-12H2;2*(H,6,7). The maximum Gasteiger partial charge on any atom is 0.490 e. The highest BCUT2D eigenvalue weighted by Crippen LogP contribution is 2.44. The number of pyridine rings is 1. The number of hydrogen-bond acceptors (Lipinski definition) is 5. The monoisotopic (exact) mass is 567 g/mol. The van der Waals surface area contributed by atoms with Crippen LogP contribution in [0.1, 0.15) is 12.8 Å². The summed E-state index contributed by atoms with van der Waals surface area (Å²) < 4.78 is 63.5. The Bertz CT molecular complexity index is 1090. The molecule has 0 spiro atoms. The molecule has 6 rings (SSSR count). The van der Waals surface area contributed by atoms with E-state index >= 15 is 0 Å². The highest BCUT2D eigenvalue weighted by atomic mass is 35.5. The molecule has 2 unspecified atom stereocenters. The lowest BCUT2D eigenvalue weighted by molar-refractivity contribution is -0.193. The number of anilines is 1. The summed E-state index contributed by atoms with van der Waals surface area (Å²) in [5.41, 5.74) is 3.38. The van der Waals surface area contributed by atoms with E-state index in [0.29, 0.717) is 6.04 Å². The fourth-order valence-electron chi connectivity index (χ4n) is 5.18. The van der Waals surface area contributed by atoms with Crippen LogP contribution in [0.4, 0.5) is 32.0 Å². The summed E-state index contributed by atoms with van der Waals surface area (Å²) in [7, 11) is 0. The Hall–Kier alpha value is -3.06. The van der Waals surface area contributed by atoms with Crippen molar-refractivity contribution in [2.75, 3.05) is 25.0 Å². The smallest absolute Gasteiger partial charge is 0.475 e. The molecule has 208 valence electrons. The SMILES string of the molecule is Clc1cccc(-c2cncc(NC3C4CC5CC3CN(C5)C4)c2)c1.O=C(O)C(F)(F)F.O=C(O)C(F)(F)F. The normalized spacial score (nSPS) is 25.4. The van der Waals surface area contributed by atoms with Crippen LogP contribution in [-0.2, 0) is 9.59 Å². The van der Waals surface area contributed by atoms with Crippen LogP contribution in [0.15, 0.2) is 42.7 Å². The van der Waals surface area contributed by atoms with Crippen molar-refractivity contribution in [3.63, 3.8) is 0 Å². The van der Waals surface area contributed by atoms with Crippen molar-refractivity contribution in [2.45, 2.75) is 31.2 Å². The van der Waals surface area contributed by atoms with E-state index in [1.54, 1.807) is 0 Å². The number of nitrogens with one attached hydrogen (secondary N) is 1. The average Bonchev–Trinajstić information content (AvgIpc) is 2.81. The van der Waals surface area contributed by atoms with E-state index < -0.39 is 24.3 Å². The molecule has 4 bridgehead atoms. The highest BCUT2D eigenvalue weighted by Gasteiger charge is 2.47. The lowest BCUT2D eigenvalue weighted by Crippen LogP contribution is -2.62. The van der Waals surface area contributed by atoms with Gasteiger partial charge in [0.2, 0.25) is 0 Å². The first-order valence-corrected chi connectivity index (χ1v) is 11.8. The predicted molar refractivity (Wildman–Crippen MR) is 126 cm³/mol. The first-order chi connectivity index (χ1) is 17.6. The number of carbonyl (C=O) groups is 2. The van der Waals surface area contributed by atoms with Gasteiger partial charge < -0.3 is 20.4 Å². The maximum atomic E-state index is 10.6. The molecule has 1 aliphatic carbocycles. The van der Waals surface area contributed by atoms with Crippen LogP contribution in [0.2, 0.25) is 5.02 Å². The molecule has 0 radical (unpaired) electrons. The molecule has 4 aliphatic rings. The van der Waals surface area contributed by atoms with Crippen molar-refractivity contribution >= 4 is 29.2 Å². The zero-order valence-electron chi connectivity index (χ0n) is 19.6. The van der Waals surface area contributed by atoms with E-state index in [0.717, 1.165) is 39.6 Å². The lowest BCUT2D eigenvalue weighted by Gasteiger charge is -2.56. The van der Waals surface area contributed by atoms with Crippen molar-refractivity contribution in [1.82, 2.24) is 9.88 Å². The molecule has 2 atom stereocenters. The number of alkyl halides is 6. The second-order valence-electron chi connectivity index (χ2n) is 9.32. The van der Waals surface area contributed by atoms with Crippen molar-refractivity contribution in [3.05, 3.63) is 47.7 Å². The van der Waals surface area contributed by atoms with Crippen LogP contribution >= 0.6 is 11.6 Å². The molecule has 3 saturated heterocycles. The van der Waals surface area contributed by atoms with Gasteiger partial charge in [0.25, 0.3) is 0 Å². The molecular weight excluding hydrogens is 544 g/mol. The lowest BCUT2D eigenvalue weighted by atomic mass is 9.65. The van der Waals surface area contributed by atoms with Gasteiger partial charge in [0.15, 0.2) is 0 Å². The highest BCUT2D eigenvalue weighted by molar-refractivity contribution is 6.30. The van der Waals surface area contributed by atoms with Crippen molar-refractivity contribution in [2.24, 2.45) is 17.8 Å². The Morgan fingerprint density at radius 1 is 0.895 bits per heavy atom. The van der Waals surface area contributed by atoms with Crippen LogP contribution in [0.25, 0.3) is 11.1 Å². The molecule has 7 nitrogen and oxygen atoms in total. The number of carboxylic acid groups (broad SMARTS) is 2.